The van der Waals surface area contributed by atoms with Gasteiger partial charge in [-0.1, -0.05) is 0 Å². The van der Waals surface area contributed by atoms with Crippen LogP contribution in [0.1, 0.15) is 118 Å². The lowest BCUT2D eigenvalue weighted by molar-refractivity contribution is -0.120. The molecule has 0 bridgehead atoms. The summed E-state index contributed by atoms with van der Waals surface area (Å²) >= 11 is 0. The Bertz CT molecular complexity index is 2250. The number of anilines is 2. The van der Waals surface area contributed by atoms with Gasteiger partial charge in [-0.15, -0.1) is 0 Å². The van der Waals surface area contributed by atoms with Crippen LogP contribution in [0.25, 0.3) is 0 Å². The van der Waals surface area contributed by atoms with Gasteiger partial charge in [0.2, 0.25) is 23.6 Å². The second kappa shape index (κ2) is 31.8. The minimum atomic E-state index is -1.19. The van der Waals surface area contributed by atoms with Crippen LogP contribution in [0, 0.1) is 0 Å². The molecule has 8 amide bonds. The maximum absolute atomic E-state index is 14.2. The highest BCUT2D eigenvalue weighted by molar-refractivity contribution is 6.08. The Hall–Kier alpha value is -7.54. The number of benzene rings is 3. The highest BCUT2D eigenvalue weighted by Crippen LogP contribution is 2.31. The number of hydrogen-bond acceptors (Lipinski definition) is 16. The predicted octanol–water partition coefficient (Wildman–Crippen LogP) is 0.879. The summed E-state index contributed by atoms with van der Waals surface area (Å²) < 4.78 is 21.9. The lowest BCUT2D eigenvalue weighted by atomic mass is 10.0. The van der Waals surface area contributed by atoms with Crippen molar-refractivity contribution in [3.63, 3.8) is 0 Å². The summed E-state index contributed by atoms with van der Waals surface area (Å²) in [5.41, 5.74) is 33.8. The van der Waals surface area contributed by atoms with Crippen LogP contribution in [-0.4, -0.2) is 126 Å². The fourth-order valence-corrected chi connectivity index (χ4v) is 7.66. The molecule has 0 aliphatic carbocycles. The van der Waals surface area contributed by atoms with Crippen molar-refractivity contribution in [2.24, 2.45) is 34.4 Å². The fraction of sp³-hybridized carbons (Fsp3) is 0.480. The molecule has 0 aliphatic rings. The van der Waals surface area contributed by atoms with Gasteiger partial charge in [0.05, 0.1) is 50.7 Å². The molecule has 0 heterocycles. The van der Waals surface area contributed by atoms with E-state index in [1.807, 2.05) is 0 Å². The lowest BCUT2D eigenvalue weighted by Crippen LogP contribution is -2.45. The molecule has 0 saturated carbocycles. The van der Waals surface area contributed by atoms with E-state index in [1.54, 1.807) is 0 Å². The summed E-state index contributed by atoms with van der Waals surface area (Å²) in [5.74, 6) is -5.56. The van der Waals surface area contributed by atoms with Gasteiger partial charge in [-0.05, 0) is 146 Å². The van der Waals surface area contributed by atoms with Crippen molar-refractivity contribution in [3.8, 4) is 23.0 Å². The molecule has 0 fully saturated rings. The molecule has 0 saturated heterocycles. The molecular formula is C50H74N12O12. The van der Waals surface area contributed by atoms with Gasteiger partial charge in [0, 0.05) is 17.4 Å². The van der Waals surface area contributed by atoms with Gasteiger partial charge in [0.15, 0.2) is 0 Å². The number of methoxy groups -OCH3 is 4. The minimum absolute atomic E-state index is 0.00675. The number of amides is 8. The Morgan fingerprint density at radius 1 is 0.392 bits per heavy atom. The van der Waals surface area contributed by atoms with Gasteiger partial charge in [-0.25, -0.2) is 0 Å². The molecule has 4 atom stereocenters. The standard InChI is InChI=1S/C50H74N12O12/c1-71-39-19-17-29(25-31(39)45(65)59-35(43(55)63)13-5-9-21-51)57-49(69)37(15-7-11-23-53)61-47(67)33-27-34(42(74-4)28-41(33)73-3)48(68)62-38(16-8-12-24-54)50(70)58-30-18-20-40(72-2)32(26-30)46(66)60-36(44(56)64)14-6-10-22-52/h17-20,25-28,35-38H,5-16,21-24,51-54H2,1-4H3,(H2,55,63)(H2,56,64)(H,57,69)(H,58,70)(H,59,65)(H,60,66)(H,61,67)(H,62,68)/t35-,36-,37-,38?/m0/s1. The molecule has 18 N–H and O–H groups in total. The van der Waals surface area contributed by atoms with E-state index in [1.165, 1.54) is 77.0 Å². The summed E-state index contributed by atoms with van der Waals surface area (Å²) in [6.45, 7) is 1.41. The van der Waals surface area contributed by atoms with Gasteiger partial charge in [-0.2, -0.15) is 0 Å². The van der Waals surface area contributed by atoms with Crippen LogP contribution >= 0.6 is 0 Å². The third kappa shape index (κ3) is 18.5. The molecule has 1 unspecified atom stereocenters. The van der Waals surface area contributed by atoms with Crippen LogP contribution in [-0.2, 0) is 19.2 Å². The van der Waals surface area contributed by atoms with Crippen molar-refractivity contribution in [1.29, 1.82) is 0 Å². The third-order valence-electron chi connectivity index (χ3n) is 11.8. The Balaban J connectivity index is 1.93. The number of unbranched alkanes of at least 4 members (excludes halogenated alkanes) is 4. The van der Waals surface area contributed by atoms with E-state index in [0.717, 1.165) is 0 Å². The summed E-state index contributed by atoms with van der Waals surface area (Å²) in [5, 5.41) is 16.2. The predicted molar refractivity (Wildman–Crippen MR) is 278 cm³/mol. The van der Waals surface area contributed by atoms with Crippen molar-refractivity contribution in [2.45, 2.75) is 101 Å². The number of ether oxygens (including phenoxy) is 4. The lowest BCUT2D eigenvalue weighted by Gasteiger charge is -2.22. The maximum Gasteiger partial charge on any atom is 0.255 e. The molecule has 0 aromatic heterocycles. The first kappa shape index (κ1) is 60.8. The van der Waals surface area contributed by atoms with E-state index in [2.05, 4.69) is 31.9 Å². The molecule has 24 heteroatoms. The summed E-state index contributed by atoms with van der Waals surface area (Å²) in [4.78, 5) is 108. The van der Waals surface area contributed by atoms with E-state index in [0.29, 0.717) is 77.5 Å². The van der Waals surface area contributed by atoms with Crippen LogP contribution in [0.3, 0.4) is 0 Å². The zero-order chi connectivity index (χ0) is 54.7. The Kier molecular flexibility index (Phi) is 26.1. The van der Waals surface area contributed by atoms with Crippen LogP contribution in [0.15, 0.2) is 48.5 Å². The number of carbonyl (C=O) groups is 8. The molecular weight excluding hydrogens is 961 g/mol. The molecule has 406 valence electrons. The molecule has 3 rings (SSSR count). The zero-order valence-electron chi connectivity index (χ0n) is 42.6. The van der Waals surface area contributed by atoms with Gasteiger partial charge in [-0.3, -0.25) is 38.4 Å². The topological polar surface area (TPSA) is 402 Å². The van der Waals surface area contributed by atoms with E-state index in [4.69, 9.17) is 53.3 Å². The molecule has 24 nitrogen and oxygen atoms in total. The van der Waals surface area contributed by atoms with E-state index in [9.17, 15) is 38.4 Å². The molecule has 0 radical (unpaired) electrons. The monoisotopic (exact) mass is 1030 g/mol. The first-order chi connectivity index (χ1) is 35.5. The van der Waals surface area contributed by atoms with Gasteiger partial charge in [0.25, 0.3) is 23.6 Å². The van der Waals surface area contributed by atoms with Gasteiger partial charge >= 0.3 is 0 Å². The van der Waals surface area contributed by atoms with Crippen LogP contribution in [0.4, 0.5) is 11.4 Å². The minimum Gasteiger partial charge on any atom is -0.496 e. The van der Waals surface area contributed by atoms with Crippen molar-refractivity contribution in [1.82, 2.24) is 21.3 Å². The average molecular weight is 1040 g/mol. The molecule has 3 aromatic rings. The Morgan fingerprint density at radius 3 is 0.959 bits per heavy atom. The fourth-order valence-electron chi connectivity index (χ4n) is 7.66. The van der Waals surface area contributed by atoms with Crippen molar-refractivity contribution >= 4 is 58.6 Å². The third-order valence-corrected chi connectivity index (χ3v) is 11.8. The summed E-state index contributed by atoms with van der Waals surface area (Å²) in [6, 6.07) is 6.75. The largest absolute Gasteiger partial charge is 0.496 e. The number of nitrogens with one attached hydrogen (secondary N) is 6. The van der Waals surface area contributed by atoms with Crippen LogP contribution in [0.5, 0.6) is 23.0 Å². The maximum atomic E-state index is 14.2. The van der Waals surface area contributed by atoms with Gasteiger partial charge < -0.3 is 85.3 Å². The van der Waals surface area contributed by atoms with E-state index >= 15 is 0 Å². The van der Waals surface area contributed by atoms with E-state index in [-0.39, 0.29) is 82.3 Å². The number of hydrogen-bond donors (Lipinski definition) is 12. The highest BCUT2D eigenvalue weighted by Gasteiger charge is 2.30. The summed E-state index contributed by atoms with van der Waals surface area (Å²) in [7, 11) is 5.30. The first-order valence-corrected chi connectivity index (χ1v) is 24.4. The Morgan fingerprint density at radius 2 is 0.676 bits per heavy atom. The molecule has 74 heavy (non-hydrogen) atoms. The van der Waals surface area contributed by atoms with Crippen LogP contribution < -0.4 is 85.3 Å². The zero-order valence-corrected chi connectivity index (χ0v) is 42.6. The number of carbonyl (C=O) groups excluding carboxylic acids is 8. The number of rotatable bonds is 34. The SMILES string of the molecule is COc1cc(OC)c(C(=O)N[C@@H](CCCCN)C(=O)Nc2ccc(OC)c(C(=O)N[C@@H](CCCCN)C(N)=O)c2)cc1C(=O)NC(CCCCN)C(=O)Nc1ccc(OC)c(C(=O)N[C@@H](CCCCN)C(N)=O)c1. The molecule has 0 aliphatic heterocycles. The van der Waals surface area contributed by atoms with Crippen molar-refractivity contribution in [3.05, 3.63) is 70.8 Å². The van der Waals surface area contributed by atoms with Crippen molar-refractivity contribution in [2.75, 3.05) is 65.3 Å². The molecule has 0 spiro atoms. The second-order valence-corrected chi connectivity index (χ2v) is 17.1. The first-order valence-electron chi connectivity index (χ1n) is 24.4. The molecule has 3 aromatic carbocycles. The van der Waals surface area contributed by atoms with Gasteiger partial charge in [0.1, 0.15) is 47.2 Å². The average Bonchev–Trinajstić information content (AvgIpc) is 3.38. The smallest absolute Gasteiger partial charge is 0.255 e. The van der Waals surface area contributed by atoms with Crippen molar-refractivity contribution < 1.29 is 57.3 Å². The quantitative estimate of drug-likeness (QED) is 0.0369. The summed E-state index contributed by atoms with van der Waals surface area (Å²) in [6.07, 6.45) is 4.94. The second-order valence-electron chi connectivity index (χ2n) is 17.1. The Labute approximate surface area is 430 Å². The number of nitrogens with two attached hydrogens (primary N) is 6. The highest BCUT2D eigenvalue weighted by atomic mass is 16.5. The van der Waals surface area contributed by atoms with E-state index < -0.39 is 71.4 Å². The van der Waals surface area contributed by atoms with Crippen LogP contribution in [0.2, 0.25) is 0 Å². The normalized spacial score (nSPS) is 12.4. The number of primary amides is 2.